The summed E-state index contributed by atoms with van der Waals surface area (Å²) < 4.78 is 0. The van der Waals surface area contributed by atoms with E-state index in [1.807, 2.05) is 11.8 Å². The molecule has 4 heteroatoms. The SMILES string of the molecule is CSC1CCC(Nc2ncccc2C#N)C1. The predicted octanol–water partition coefficient (Wildman–Crippen LogP) is 2.65. The first kappa shape index (κ1) is 11.3. The lowest BCUT2D eigenvalue weighted by Gasteiger charge is -2.14. The predicted molar refractivity (Wildman–Crippen MR) is 67.5 cm³/mol. The third-order valence-corrected chi connectivity index (χ3v) is 4.08. The molecule has 1 fully saturated rings. The van der Waals surface area contributed by atoms with E-state index in [-0.39, 0.29) is 0 Å². The number of hydrogen-bond donors (Lipinski definition) is 1. The van der Waals surface area contributed by atoms with Crippen LogP contribution in [-0.2, 0) is 0 Å². The van der Waals surface area contributed by atoms with Crippen LogP contribution in [0.5, 0.6) is 0 Å². The van der Waals surface area contributed by atoms with E-state index < -0.39 is 0 Å². The summed E-state index contributed by atoms with van der Waals surface area (Å²) >= 11 is 1.93. The summed E-state index contributed by atoms with van der Waals surface area (Å²) in [6.45, 7) is 0. The Bertz CT molecular complexity index is 399. The summed E-state index contributed by atoms with van der Waals surface area (Å²) in [5.41, 5.74) is 0.634. The maximum Gasteiger partial charge on any atom is 0.144 e. The quantitative estimate of drug-likeness (QED) is 0.872. The fourth-order valence-corrected chi connectivity index (χ4v) is 2.89. The van der Waals surface area contributed by atoms with E-state index in [0.717, 1.165) is 11.1 Å². The van der Waals surface area contributed by atoms with Gasteiger partial charge in [-0.2, -0.15) is 17.0 Å². The Hall–Kier alpha value is -1.21. The van der Waals surface area contributed by atoms with Crippen LogP contribution in [-0.4, -0.2) is 22.5 Å². The second-order valence-electron chi connectivity index (χ2n) is 4.02. The standard InChI is InChI=1S/C12H15N3S/c1-16-11-5-4-10(7-11)15-12-9(8-13)3-2-6-14-12/h2-3,6,10-11H,4-5,7H2,1H3,(H,14,15). The highest BCUT2D eigenvalue weighted by Gasteiger charge is 2.24. The van der Waals surface area contributed by atoms with Crippen molar-refractivity contribution in [3.8, 4) is 6.07 Å². The van der Waals surface area contributed by atoms with Crippen molar-refractivity contribution < 1.29 is 0 Å². The number of nitrogens with one attached hydrogen (secondary N) is 1. The molecule has 84 valence electrons. The zero-order chi connectivity index (χ0) is 11.4. The van der Waals surface area contributed by atoms with Crippen LogP contribution < -0.4 is 5.32 Å². The van der Waals surface area contributed by atoms with Crippen LogP contribution in [0.3, 0.4) is 0 Å². The summed E-state index contributed by atoms with van der Waals surface area (Å²) in [4.78, 5) is 4.22. The van der Waals surface area contributed by atoms with E-state index in [1.165, 1.54) is 19.3 Å². The Morgan fingerprint density at radius 3 is 3.12 bits per heavy atom. The molecule has 0 amide bonds. The van der Waals surface area contributed by atoms with Crippen molar-refractivity contribution in [3.05, 3.63) is 23.9 Å². The Morgan fingerprint density at radius 2 is 2.44 bits per heavy atom. The van der Waals surface area contributed by atoms with Crippen LogP contribution >= 0.6 is 11.8 Å². The number of hydrogen-bond acceptors (Lipinski definition) is 4. The Kier molecular flexibility index (Phi) is 3.68. The smallest absolute Gasteiger partial charge is 0.144 e. The Labute approximate surface area is 100 Å². The maximum atomic E-state index is 8.96. The molecule has 1 N–H and O–H groups in total. The van der Waals surface area contributed by atoms with Crippen molar-refractivity contribution in [2.45, 2.75) is 30.6 Å². The summed E-state index contributed by atoms with van der Waals surface area (Å²) in [5, 5.41) is 13.1. The molecular weight excluding hydrogens is 218 g/mol. The molecule has 1 aromatic rings. The maximum absolute atomic E-state index is 8.96. The van der Waals surface area contributed by atoms with Gasteiger partial charge in [-0.25, -0.2) is 4.98 Å². The lowest BCUT2D eigenvalue weighted by molar-refractivity contribution is 0.751. The molecule has 0 spiro atoms. The van der Waals surface area contributed by atoms with E-state index in [0.29, 0.717) is 11.6 Å². The number of thioether (sulfide) groups is 1. The van der Waals surface area contributed by atoms with Gasteiger partial charge in [-0.15, -0.1) is 0 Å². The van der Waals surface area contributed by atoms with E-state index in [4.69, 9.17) is 5.26 Å². The first-order chi connectivity index (χ1) is 7.83. The van der Waals surface area contributed by atoms with Crippen molar-refractivity contribution in [2.24, 2.45) is 0 Å². The van der Waals surface area contributed by atoms with E-state index in [9.17, 15) is 0 Å². The second-order valence-corrected chi connectivity index (χ2v) is 5.16. The third-order valence-electron chi connectivity index (χ3n) is 2.99. The molecule has 0 aliphatic heterocycles. The molecule has 2 atom stereocenters. The van der Waals surface area contributed by atoms with Gasteiger partial charge < -0.3 is 5.32 Å². The first-order valence-corrected chi connectivity index (χ1v) is 6.76. The van der Waals surface area contributed by atoms with Gasteiger partial charge in [0.2, 0.25) is 0 Å². The van der Waals surface area contributed by atoms with Gasteiger partial charge in [0.05, 0.1) is 5.56 Å². The molecule has 1 saturated carbocycles. The van der Waals surface area contributed by atoms with Crippen LogP contribution in [0.25, 0.3) is 0 Å². The van der Waals surface area contributed by atoms with Crippen molar-refractivity contribution in [1.29, 1.82) is 5.26 Å². The number of nitriles is 1. The average Bonchev–Trinajstić information content (AvgIpc) is 2.77. The highest BCUT2D eigenvalue weighted by molar-refractivity contribution is 7.99. The van der Waals surface area contributed by atoms with Crippen molar-refractivity contribution in [1.82, 2.24) is 4.98 Å². The fraction of sp³-hybridized carbons (Fsp3) is 0.500. The molecule has 0 bridgehead atoms. The lowest BCUT2D eigenvalue weighted by Crippen LogP contribution is -2.17. The van der Waals surface area contributed by atoms with Gasteiger partial charge in [-0.3, -0.25) is 0 Å². The molecule has 2 rings (SSSR count). The number of pyridine rings is 1. The fourth-order valence-electron chi connectivity index (χ4n) is 2.09. The molecule has 16 heavy (non-hydrogen) atoms. The molecule has 1 aliphatic rings. The van der Waals surface area contributed by atoms with Crippen molar-refractivity contribution >= 4 is 17.6 Å². The topological polar surface area (TPSA) is 48.7 Å². The van der Waals surface area contributed by atoms with Gasteiger partial charge in [-0.1, -0.05) is 0 Å². The summed E-state index contributed by atoms with van der Waals surface area (Å²) in [7, 11) is 0. The van der Waals surface area contributed by atoms with Gasteiger partial charge in [0.25, 0.3) is 0 Å². The number of nitrogens with zero attached hydrogens (tertiary/aromatic N) is 2. The highest BCUT2D eigenvalue weighted by Crippen LogP contribution is 2.30. The van der Waals surface area contributed by atoms with Crippen LogP contribution in [0.1, 0.15) is 24.8 Å². The largest absolute Gasteiger partial charge is 0.366 e. The molecule has 0 aromatic carbocycles. The zero-order valence-corrected chi connectivity index (χ0v) is 10.1. The summed E-state index contributed by atoms with van der Waals surface area (Å²) in [5.74, 6) is 0.733. The molecule has 1 aliphatic carbocycles. The average molecular weight is 233 g/mol. The minimum Gasteiger partial charge on any atom is -0.366 e. The van der Waals surface area contributed by atoms with Gasteiger partial charge >= 0.3 is 0 Å². The molecule has 1 aromatic heterocycles. The monoisotopic (exact) mass is 233 g/mol. The number of anilines is 1. The number of aromatic nitrogens is 1. The van der Waals surface area contributed by atoms with E-state index in [1.54, 1.807) is 18.3 Å². The minimum absolute atomic E-state index is 0.472. The Morgan fingerprint density at radius 1 is 1.56 bits per heavy atom. The normalized spacial score (nSPS) is 24.0. The van der Waals surface area contributed by atoms with Crippen LogP contribution in [0, 0.1) is 11.3 Å². The van der Waals surface area contributed by atoms with Crippen LogP contribution in [0.2, 0.25) is 0 Å². The van der Waals surface area contributed by atoms with Crippen molar-refractivity contribution in [3.63, 3.8) is 0 Å². The van der Waals surface area contributed by atoms with E-state index in [2.05, 4.69) is 22.6 Å². The van der Waals surface area contributed by atoms with Crippen molar-refractivity contribution in [2.75, 3.05) is 11.6 Å². The van der Waals surface area contributed by atoms with E-state index >= 15 is 0 Å². The molecule has 0 saturated heterocycles. The Balaban J connectivity index is 2.02. The van der Waals surface area contributed by atoms with Gasteiger partial charge in [-0.05, 0) is 37.7 Å². The summed E-state index contributed by atoms with van der Waals surface area (Å²) in [6.07, 6.45) is 7.49. The molecule has 2 unspecified atom stereocenters. The molecule has 3 nitrogen and oxygen atoms in total. The molecule has 1 heterocycles. The third kappa shape index (κ3) is 2.48. The zero-order valence-electron chi connectivity index (χ0n) is 9.31. The molecule has 0 radical (unpaired) electrons. The lowest BCUT2D eigenvalue weighted by atomic mass is 10.2. The van der Waals surface area contributed by atoms with Crippen LogP contribution in [0.4, 0.5) is 5.82 Å². The number of rotatable bonds is 3. The van der Waals surface area contributed by atoms with Gasteiger partial charge in [0.1, 0.15) is 11.9 Å². The second kappa shape index (κ2) is 5.22. The molecular formula is C12H15N3S. The highest BCUT2D eigenvalue weighted by atomic mass is 32.2. The summed E-state index contributed by atoms with van der Waals surface area (Å²) in [6, 6.07) is 6.23. The van der Waals surface area contributed by atoms with Gasteiger partial charge in [0, 0.05) is 17.5 Å². The first-order valence-electron chi connectivity index (χ1n) is 5.48. The van der Waals surface area contributed by atoms with Gasteiger partial charge in [0.15, 0.2) is 0 Å². The minimum atomic E-state index is 0.472. The van der Waals surface area contributed by atoms with Crippen LogP contribution in [0.15, 0.2) is 18.3 Å².